The van der Waals surface area contributed by atoms with Gasteiger partial charge in [0.25, 0.3) is 0 Å². The lowest BCUT2D eigenvalue weighted by Crippen LogP contribution is -2.29. The van der Waals surface area contributed by atoms with Crippen molar-refractivity contribution in [3.05, 3.63) is 48.0 Å². The Morgan fingerprint density at radius 1 is 0.806 bits per heavy atom. The van der Waals surface area contributed by atoms with Crippen LogP contribution in [0.15, 0.2) is 42.5 Å². The molecule has 1 atom stereocenters. The number of esters is 1. The molecule has 3 aromatic carbocycles. The Balaban J connectivity index is 2.15. The van der Waals surface area contributed by atoms with Gasteiger partial charge in [0.1, 0.15) is 0 Å². The third-order valence-corrected chi connectivity index (χ3v) is 4.45. The fraction of sp³-hybridized carbons (Fsp3) is 0.0952. The van der Waals surface area contributed by atoms with Crippen molar-refractivity contribution in [3.63, 3.8) is 0 Å². The summed E-state index contributed by atoms with van der Waals surface area (Å²) in [5, 5.41) is 57.6. The van der Waals surface area contributed by atoms with Crippen LogP contribution in [0, 0.1) is 0 Å². The molecule has 0 aliphatic rings. The molecule has 0 bridgehead atoms. The summed E-state index contributed by atoms with van der Waals surface area (Å²) in [5.41, 5.74) is 0.428. The number of aromatic hydroxyl groups is 4. The van der Waals surface area contributed by atoms with Crippen LogP contribution in [0.1, 0.15) is 16.8 Å². The second-order valence-electron chi connectivity index (χ2n) is 6.62. The summed E-state index contributed by atoms with van der Waals surface area (Å²) < 4.78 is 4.82. The van der Waals surface area contributed by atoms with Crippen molar-refractivity contribution in [1.29, 1.82) is 0 Å². The molecular weight excluding hydrogens is 412 g/mol. The lowest BCUT2D eigenvalue weighted by atomic mass is 9.94. The van der Waals surface area contributed by atoms with E-state index < -0.39 is 47.7 Å². The monoisotopic (exact) mass is 428 g/mol. The van der Waals surface area contributed by atoms with Gasteiger partial charge in [0.05, 0.1) is 12.0 Å². The first-order chi connectivity index (χ1) is 14.6. The molecule has 160 valence electrons. The van der Waals surface area contributed by atoms with E-state index in [1.807, 2.05) is 0 Å². The molecule has 10 nitrogen and oxygen atoms in total. The highest BCUT2D eigenvalue weighted by molar-refractivity contribution is 6.04. The average Bonchev–Trinajstić information content (AvgIpc) is 2.69. The molecule has 0 amide bonds. The number of carbonyl (C=O) groups is 3. The van der Waals surface area contributed by atoms with Gasteiger partial charge < -0.3 is 35.4 Å². The Bertz CT molecular complexity index is 1210. The van der Waals surface area contributed by atoms with E-state index in [2.05, 4.69) is 0 Å². The van der Waals surface area contributed by atoms with Gasteiger partial charge in [-0.3, -0.25) is 4.79 Å². The van der Waals surface area contributed by atoms with Gasteiger partial charge in [-0.1, -0.05) is 6.07 Å². The highest BCUT2D eigenvalue weighted by Crippen LogP contribution is 2.39. The lowest BCUT2D eigenvalue weighted by molar-refractivity contribution is -0.153. The van der Waals surface area contributed by atoms with Gasteiger partial charge in [0.15, 0.2) is 23.0 Å². The number of aliphatic carboxylic acids is 2. The largest absolute Gasteiger partial charge is 0.504 e. The number of carboxylic acid groups (broad SMARTS) is 2. The van der Waals surface area contributed by atoms with Crippen LogP contribution >= 0.6 is 0 Å². The summed E-state index contributed by atoms with van der Waals surface area (Å²) in [7, 11) is 0. The van der Waals surface area contributed by atoms with Gasteiger partial charge in [-0.2, -0.15) is 0 Å². The summed E-state index contributed by atoms with van der Waals surface area (Å²) in [6.45, 7) is 0. The Hall–Kier alpha value is -4.47. The van der Waals surface area contributed by atoms with Crippen LogP contribution in [0.2, 0.25) is 0 Å². The number of benzene rings is 3. The first-order valence-electron chi connectivity index (χ1n) is 8.74. The summed E-state index contributed by atoms with van der Waals surface area (Å²) in [4.78, 5) is 34.6. The van der Waals surface area contributed by atoms with Crippen molar-refractivity contribution in [3.8, 4) is 34.1 Å². The standard InChI is InChI=1S/C21H16O10/c22-14-2-1-9(5-15(14)23)12-4-11(3-10-6-16(24)17(25)7-13(10)12)21(30)31-18(20(28)29)8-19(26)27/h1-7,18,22-25H,8H2,(H,26,27)(H,28,29)/t18-/m1/s1. The second kappa shape index (κ2) is 8.11. The topological polar surface area (TPSA) is 182 Å². The zero-order valence-corrected chi connectivity index (χ0v) is 15.6. The van der Waals surface area contributed by atoms with E-state index >= 15 is 0 Å². The molecule has 6 N–H and O–H groups in total. The zero-order valence-electron chi connectivity index (χ0n) is 15.6. The number of phenolic OH excluding ortho intramolecular Hbond substituents is 4. The van der Waals surface area contributed by atoms with E-state index in [-0.39, 0.29) is 22.3 Å². The molecule has 0 unspecified atom stereocenters. The number of carboxylic acids is 2. The predicted octanol–water partition coefficient (Wildman–Crippen LogP) is 2.41. The van der Waals surface area contributed by atoms with E-state index in [1.54, 1.807) is 0 Å². The van der Waals surface area contributed by atoms with Gasteiger partial charge in [0, 0.05) is 0 Å². The number of rotatable bonds is 6. The Kier molecular flexibility index (Phi) is 5.56. The summed E-state index contributed by atoms with van der Waals surface area (Å²) in [6, 6.07) is 8.77. The lowest BCUT2D eigenvalue weighted by Gasteiger charge is -2.15. The normalized spacial score (nSPS) is 11.7. The fourth-order valence-electron chi connectivity index (χ4n) is 2.97. The molecule has 3 rings (SSSR count). The maximum Gasteiger partial charge on any atom is 0.345 e. The molecule has 0 saturated carbocycles. The number of phenols is 4. The van der Waals surface area contributed by atoms with E-state index in [0.717, 1.165) is 6.07 Å². The molecule has 0 aliphatic heterocycles. The number of hydrogen-bond donors (Lipinski definition) is 6. The van der Waals surface area contributed by atoms with Crippen LogP contribution in [0.4, 0.5) is 0 Å². The third-order valence-electron chi connectivity index (χ3n) is 4.45. The predicted molar refractivity (Wildman–Crippen MR) is 105 cm³/mol. The number of carbonyl (C=O) groups excluding carboxylic acids is 1. The first-order valence-corrected chi connectivity index (χ1v) is 8.74. The molecule has 0 saturated heterocycles. The minimum absolute atomic E-state index is 0.170. The first kappa shape index (κ1) is 21.2. The van der Waals surface area contributed by atoms with Crippen molar-refractivity contribution >= 4 is 28.7 Å². The van der Waals surface area contributed by atoms with Gasteiger partial charge in [-0.05, 0) is 58.3 Å². The minimum Gasteiger partial charge on any atom is -0.504 e. The summed E-state index contributed by atoms with van der Waals surface area (Å²) in [5.74, 6) is -6.00. The molecule has 0 heterocycles. The molecule has 31 heavy (non-hydrogen) atoms. The van der Waals surface area contributed by atoms with E-state index in [0.29, 0.717) is 10.9 Å². The third kappa shape index (κ3) is 4.42. The molecule has 10 heteroatoms. The minimum atomic E-state index is -1.92. The van der Waals surface area contributed by atoms with Crippen LogP contribution in [-0.4, -0.2) is 54.7 Å². The zero-order chi connectivity index (χ0) is 22.9. The highest BCUT2D eigenvalue weighted by atomic mass is 16.6. The smallest absolute Gasteiger partial charge is 0.345 e. The summed E-state index contributed by atoms with van der Waals surface area (Å²) in [6.07, 6.45) is -2.86. The maximum atomic E-state index is 12.6. The van der Waals surface area contributed by atoms with Crippen LogP contribution in [0.25, 0.3) is 21.9 Å². The van der Waals surface area contributed by atoms with Crippen molar-refractivity contribution in [1.82, 2.24) is 0 Å². The van der Waals surface area contributed by atoms with Crippen molar-refractivity contribution in [2.45, 2.75) is 12.5 Å². The Labute approximate surface area is 173 Å². The van der Waals surface area contributed by atoms with Crippen LogP contribution in [0.3, 0.4) is 0 Å². The van der Waals surface area contributed by atoms with Crippen LogP contribution in [0.5, 0.6) is 23.0 Å². The molecule has 0 radical (unpaired) electrons. The average molecular weight is 428 g/mol. The number of ether oxygens (including phenoxy) is 1. The van der Waals surface area contributed by atoms with Gasteiger partial charge >= 0.3 is 17.9 Å². The summed E-state index contributed by atoms with van der Waals surface area (Å²) >= 11 is 0. The Morgan fingerprint density at radius 3 is 2.06 bits per heavy atom. The van der Waals surface area contributed by atoms with Crippen molar-refractivity contribution < 1.29 is 49.8 Å². The Morgan fingerprint density at radius 2 is 1.45 bits per heavy atom. The molecule has 0 fully saturated rings. The van der Waals surface area contributed by atoms with Gasteiger partial charge in [0.2, 0.25) is 6.10 Å². The van der Waals surface area contributed by atoms with Gasteiger partial charge in [-0.25, -0.2) is 9.59 Å². The highest BCUT2D eigenvalue weighted by Gasteiger charge is 2.26. The number of hydrogen-bond acceptors (Lipinski definition) is 8. The number of fused-ring (bicyclic) bond motifs is 1. The van der Waals surface area contributed by atoms with Crippen LogP contribution < -0.4 is 0 Å². The van der Waals surface area contributed by atoms with E-state index in [4.69, 9.17) is 14.9 Å². The molecule has 0 aliphatic carbocycles. The van der Waals surface area contributed by atoms with Gasteiger partial charge in [-0.15, -0.1) is 0 Å². The SMILES string of the molecule is O=C(O)C[C@@H](OC(=O)c1cc(-c2ccc(O)c(O)c2)c2cc(O)c(O)cc2c1)C(=O)O. The second-order valence-corrected chi connectivity index (χ2v) is 6.62. The fourth-order valence-corrected chi connectivity index (χ4v) is 2.97. The van der Waals surface area contributed by atoms with Crippen molar-refractivity contribution in [2.24, 2.45) is 0 Å². The maximum absolute atomic E-state index is 12.6. The van der Waals surface area contributed by atoms with Crippen molar-refractivity contribution in [2.75, 3.05) is 0 Å². The van der Waals surface area contributed by atoms with E-state index in [9.17, 15) is 34.8 Å². The molecule has 0 spiro atoms. The van der Waals surface area contributed by atoms with E-state index in [1.165, 1.54) is 36.4 Å². The molecule has 3 aromatic rings. The van der Waals surface area contributed by atoms with Crippen LogP contribution in [-0.2, 0) is 14.3 Å². The molecular formula is C21H16O10. The quantitative estimate of drug-likeness (QED) is 0.252. The molecule has 0 aromatic heterocycles.